The molecule has 84 valence electrons. The molecular weight excluding hydrogens is 194 g/mol. The lowest BCUT2D eigenvalue weighted by molar-refractivity contribution is 0.104. The molecule has 1 heterocycles. The first kappa shape index (κ1) is 11.8. The minimum Gasteiger partial charge on any atom is -0.375 e. The molecule has 5 heteroatoms. The molecule has 0 amide bonds. The molecule has 1 atom stereocenters. The van der Waals surface area contributed by atoms with Crippen LogP contribution in [0.4, 0.5) is 0 Å². The SMILES string of the molecule is COC(C)c1c(C=O)nnn1CC(C)C. The van der Waals surface area contributed by atoms with Gasteiger partial charge >= 0.3 is 0 Å². The Kier molecular flexibility index (Phi) is 3.96. The van der Waals surface area contributed by atoms with Crippen LogP contribution in [-0.4, -0.2) is 28.4 Å². The first-order valence-electron chi connectivity index (χ1n) is 5.01. The molecule has 0 aliphatic carbocycles. The van der Waals surface area contributed by atoms with Gasteiger partial charge in [-0.3, -0.25) is 4.79 Å². The number of carbonyl (C=O) groups is 1. The number of methoxy groups -OCH3 is 1. The van der Waals surface area contributed by atoms with Crippen LogP contribution in [0.3, 0.4) is 0 Å². The number of ether oxygens (including phenoxy) is 1. The summed E-state index contributed by atoms with van der Waals surface area (Å²) in [5.41, 5.74) is 1.12. The molecule has 0 N–H and O–H groups in total. The Balaban J connectivity index is 3.05. The molecule has 0 aromatic carbocycles. The molecule has 5 nitrogen and oxygen atoms in total. The van der Waals surface area contributed by atoms with E-state index in [-0.39, 0.29) is 6.10 Å². The maximum absolute atomic E-state index is 10.8. The van der Waals surface area contributed by atoms with Crippen LogP contribution in [0.2, 0.25) is 0 Å². The minimum atomic E-state index is -0.168. The summed E-state index contributed by atoms with van der Waals surface area (Å²) in [7, 11) is 1.60. The van der Waals surface area contributed by atoms with E-state index in [1.54, 1.807) is 11.8 Å². The van der Waals surface area contributed by atoms with Crippen LogP contribution >= 0.6 is 0 Å². The number of aldehydes is 1. The van der Waals surface area contributed by atoms with Gasteiger partial charge in [0, 0.05) is 13.7 Å². The van der Waals surface area contributed by atoms with Crippen LogP contribution in [0, 0.1) is 5.92 Å². The van der Waals surface area contributed by atoms with Crippen molar-refractivity contribution in [1.29, 1.82) is 0 Å². The standard InChI is InChI=1S/C10H17N3O2/c1-7(2)5-13-10(8(3)15-4)9(6-14)11-12-13/h6-8H,5H2,1-4H3. The van der Waals surface area contributed by atoms with Gasteiger partial charge < -0.3 is 4.74 Å². The Hall–Kier alpha value is -1.23. The lowest BCUT2D eigenvalue weighted by atomic mass is 10.2. The molecule has 0 fully saturated rings. The third-order valence-corrected chi connectivity index (χ3v) is 2.19. The molecule has 0 spiro atoms. The molecular formula is C10H17N3O2. The van der Waals surface area contributed by atoms with Crippen molar-refractivity contribution in [2.24, 2.45) is 5.92 Å². The zero-order chi connectivity index (χ0) is 11.4. The predicted octanol–water partition coefficient (Wildman–Crippen LogP) is 1.45. The van der Waals surface area contributed by atoms with E-state index in [4.69, 9.17) is 4.74 Å². The highest BCUT2D eigenvalue weighted by Crippen LogP contribution is 2.18. The fourth-order valence-corrected chi connectivity index (χ4v) is 1.43. The number of rotatable bonds is 5. The number of carbonyl (C=O) groups excluding carboxylic acids is 1. The smallest absolute Gasteiger partial charge is 0.172 e. The largest absolute Gasteiger partial charge is 0.375 e. The van der Waals surface area contributed by atoms with Gasteiger partial charge in [-0.2, -0.15) is 0 Å². The summed E-state index contributed by atoms with van der Waals surface area (Å²) in [6.07, 6.45) is 0.549. The van der Waals surface area contributed by atoms with Crippen molar-refractivity contribution in [3.63, 3.8) is 0 Å². The molecule has 0 radical (unpaired) electrons. The fourth-order valence-electron chi connectivity index (χ4n) is 1.43. The van der Waals surface area contributed by atoms with Crippen LogP contribution in [0.5, 0.6) is 0 Å². The maximum atomic E-state index is 10.8. The summed E-state index contributed by atoms with van der Waals surface area (Å²) in [6.45, 7) is 6.79. The second-order valence-electron chi connectivity index (χ2n) is 3.93. The highest BCUT2D eigenvalue weighted by atomic mass is 16.5. The summed E-state index contributed by atoms with van der Waals surface area (Å²) >= 11 is 0. The lowest BCUT2D eigenvalue weighted by Gasteiger charge is -2.13. The highest BCUT2D eigenvalue weighted by Gasteiger charge is 2.18. The molecule has 0 saturated carbocycles. The Labute approximate surface area is 89.4 Å². The summed E-state index contributed by atoms with van der Waals surface area (Å²) in [5.74, 6) is 0.453. The van der Waals surface area contributed by atoms with Crippen molar-refractivity contribution in [2.75, 3.05) is 7.11 Å². The normalized spacial score (nSPS) is 13.1. The van der Waals surface area contributed by atoms with E-state index >= 15 is 0 Å². The average molecular weight is 211 g/mol. The van der Waals surface area contributed by atoms with Gasteiger partial charge in [0.25, 0.3) is 0 Å². The van der Waals surface area contributed by atoms with Gasteiger partial charge in [0.15, 0.2) is 12.0 Å². The third-order valence-electron chi connectivity index (χ3n) is 2.19. The van der Waals surface area contributed by atoms with Crippen LogP contribution in [0.1, 0.15) is 43.1 Å². The Morgan fingerprint density at radius 3 is 2.60 bits per heavy atom. The van der Waals surface area contributed by atoms with Gasteiger partial charge in [-0.25, -0.2) is 4.68 Å². The van der Waals surface area contributed by atoms with Crippen molar-refractivity contribution in [1.82, 2.24) is 15.0 Å². The van der Waals surface area contributed by atoms with Gasteiger partial charge in [-0.1, -0.05) is 19.1 Å². The highest BCUT2D eigenvalue weighted by molar-refractivity contribution is 5.73. The fraction of sp³-hybridized carbons (Fsp3) is 0.700. The zero-order valence-electron chi connectivity index (χ0n) is 9.60. The van der Waals surface area contributed by atoms with Crippen molar-refractivity contribution in [2.45, 2.75) is 33.4 Å². The summed E-state index contributed by atoms with van der Waals surface area (Å²) in [4.78, 5) is 10.8. The van der Waals surface area contributed by atoms with Gasteiger partial charge in [-0.15, -0.1) is 5.10 Å². The first-order valence-corrected chi connectivity index (χ1v) is 5.01. The van der Waals surface area contributed by atoms with E-state index in [0.29, 0.717) is 17.9 Å². The molecule has 1 unspecified atom stereocenters. The minimum absolute atomic E-state index is 0.168. The van der Waals surface area contributed by atoms with E-state index in [0.717, 1.165) is 12.2 Å². The van der Waals surface area contributed by atoms with E-state index in [9.17, 15) is 4.79 Å². The van der Waals surface area contributed by atoms with E-state index in [1.165, 1.54) is 0 Å². The van der Waals surface area contributed by atoms with Crippen molar-refractivity contribution in [3.8, 4) is 0 Å². The molecule has 1 aromatic rings. The number of hydrogen-bond donors (Lipinski definition) is 0. The number of hydrogen-bond acceptors (Lipinski definition) is 4. The zero-order valence-corrected chi connectivity index (χ0v) is 9.60. The monoisotopic (exact) mass is 211 g/mol. The van der Waals surface area contributed by atoms with Gasteiger partial charge in [0.2, 0.25) is 0 Å². The van der Waals surface area contributed by atoms with Gasteiger partial charge in [-0.05, 0) is 12.8 Å². The molecule has 1 aromatic heterocycles. The topological polar surface area (TPSA) is 57.0 Å². The third kappa shape index (κ3) is 2.62. The Morgan fingerprint density at radius 1 is 1.47 bits per heavy atom. The van der Waals surface area contributed by atoms with Crippen LogP contribution in [-0.2, 0) is 11.3 Å². The van der Waals surface area contributed by atoms with E-state index in [2.05, 4.69) is 24.2 Å². The van der Waals surface area contributed by atoms with Gasteiger partial charge in [0.05, 0.1) is 11.8 Å². The molecule has 0 bridgehead atoms. The maximum Gasteiger partial charge on any atom is 0.172 e. The summed E-state index contributed by atoms with van der Waals surface area (Å²) in [5, 5.41) is 7.77. The quantitative estimate of drug-likeness (QED) is 0.692. The Bertz CT molecular complexity index is 333. The lowest BCUT2D eigenvalue weighted by Crippen LogP contribution is -2.13. The molecule has 0 aliphatic rings. The van der Waals surface area contributed by atoms with Gasteiger partial charge in [0.1, 0.15) is 0 Å². The van der Waals surface area contributed by atoms with Crippen molar-refractivity contribution >= 4 is 6.29 Å². The van der Waals surface area contributed by atoms with Crippen LogP contribution in [0.25, 0.3) is 0 Å². The number of aromatic nitrogens is 3. The molecule has 15 heavy (non-hydrogen) atoms. The van der Waals surface area contributed by atoms with E-state index in [1.807, 2.05) is 6.92 Å². The van der Waals surface area contributed by atoms with Crippen LogP contribution in [0.15, 0.2) is 0 Å². The molecule has 1 rings (SSSR count). The summed E-state index contributed by atoms with van der Waals surface area (Å²) in [6, 6.07) is 0. The first-order chi connectivity index (χ1) is 7.10. The molecule has 0 aliphatic heterocycles. The molecule has 0 saturated heterocycles. The average Bonchev–Trinajstić information content (AvgIpc) is 2.58. The second-order valence-corrected chi connectivity index (χ2v) is 3.93. The van der Waals surface area contributed by atoms with E-state index < -0.39 is 0 Å². The second kappa shape index (κ2) is 5.02. The predicted molar refractivity (Wildman–Crippen MR) is 55.7 cm³/mol. The number of nitrogens with zero attached hydrogens (tertiary/aromatic N) is 3. The van der Waals surface area contributed by atoms with Crippen molar-refractivity contribution in [3.05, 3.63) is 11.4 Å². The van der Waals surface area contributed by atoms with Crippen LogP contribution < -0.4 is 0 Å². The Morgan fingerprint density at radius 2 is 2.13 bits per heavy atom. The van der Waals surface area contributed by atoms with Crippen molar-refractivity contribution < 1.29 is 9.53 Å². The summed E-state index contributed by atoms with van der Waals surface area (Å²) < 4.78 is 6.94.